The Labute approximate surface area is 104 Å². The van der Waals surface area contributed by atoms with Gasteiger partial charge in [0, 0.05) is 34.5 Å². The van der Waals surface area contributed by atoms with E-state index in [4.69, 9.17) is 10.5 Å². The normalized spacial score (nSPS) is 10.7. The predicted octanol–water partition coefficient (Wildman–Crippen LogP) is 2.82. The number of pyridine rings is 1. The van der Waals surface area contributed by atoms with Gasteiger partial charge in [0.05, 0.1) is 12.8 Å². The van der Waals surface area contributed by atoms with E-state index in [1.54, 1.807) is 19.4 Å². The van der Waals surface area contributed by atoms with E-state index < -0.39 is 0 Å². The Balaban J connectivity index is 2.22. The first-order chi connectivity index (χ1) is 8.78. The van der Waals surface area contributed by atoms with Crippen molar-refractivity contribution in [2.75, 3.05) is 12.8 Å². The molecule has 3 rings (SSSR count). The number of nitrogen functional groups attached to an aromatic ring is 1. The van der Waals surface area contributed by atoms with Crippen LogP contribution in [0.3, 0.4) is 0 Å². The van der Waals surface area contributed by atoms with Crippen LogP contribution in [0.4, 0.5) is 5.69 Å². The van der Waals surface area contributed by atoms with Crippen LogP contribution in [0, 0.1) is 0 Å². The second-order valence-corrected chi connectivity index (χ2v) is 4.09. The first-order valence-corrected chi connectivity index (χ1v) is 5.65. The lowest BCUT2D eigenvalue weighted by atomic mass is 10.1. The van der Waals surface area contributed by atoms with Gasteiger partial charge in [0.2, 0.25) is 0 Å². The van der Waals surface area contributed by atoms with Crippen molar-refractivity contribution < 1.29 is 4.74 Å². The van der Waals surface area contributed by atoms with E-state index in [-0.39, 0.29) is 0 Å². The van der Waals surface area contributed by atoms with Crippen LogP contribution in [0.15, 0.2) is 42.7 Å². The number of anilines is 1. The number of hydrogen-bond acceptors (Lipinski definition) is 3. The van der Waals surface area contributed by atoms with Gasteiger partial charge in [-0.05, 0) is 30.3 Å². The van der Waals surface area contributed by atoms with Gasteiger partial charge < -0.3 is 15.5 Å². The molecular formula is C14H13N3O. The number of aromatic nitrogens is 2. The van der Waals surface area contributed by atoms with Gasteiger partial charge in [0.15, 0.2) is 0 Å². The minimum absolute atomic E-state index is 0.706. The van der Waals surface area contributed by atoms with Gasteiger partial charge in [-0.3, -0.25) is 4.98 Å². The molecule has 2 heterocycles. The maximum absolute atomic E-state index is 5.79. The Morgan fingerprint density at radius 1 is 1.22 bits per heavy atom. The fourth-order valence-electron chi connectivity index (χ4n) is 2.03. The smallest absolute Gasteiger partial charge is 0.119 e. The maximum atomic E-state index is 5.79. The van der Waals surface area contributed by atoms with Crippen LogP contribution >= 0.6 is 0 Å². The largest absolute Gasteiger partial charge is 0.497 e. The summed E-state index contributed by atoms with van der Waals surface area (Å²) in [7, 11) is 1.66. The maximum Gasteiger partial charge on any atom is 0.119 e. The number of nitrogens with zero attached hydrogens (tertiary/aromatic N) is 1. The minimum Gasteiger partial charge on any atom is -0.497 e. The molecule has 3 aromatic rings. The molecule has 18 heavy (non-hydrogen) atoms. The molecule has 0 amide bonds. The van der Waals surface area contributed by atoms with Gasteiger partial charge in [0.25, 0.3) is 0 Å². The Bertz CT molecular complexity index is 703. The standard InChI is InChI=1S/C14H13N3O/c1-18-10-2-3-13-11(7-10)12(8-17-13)14-6-9(15)4-5-16-14/h2-8,17H,1H3,(H2,15,16). The number of rotatable bonds is 2. The first-order valence-electron chi connectivity index (χ1n) is 5.65. The molecule has 0 aliphatic carbocycles. The van der Waals surface area contributed by atoms with Crippen LogP contribution in [0.5, 0.6) is 5.75 Å². The molecule has 4 nitrogen and oxygen atoms in total. The quantitative estimate of drug-likeness (QED) is 0.722. The van der Waals surface area contributed by atoms with Crippen LogP contribution in [-0.2, 0) is 0 Å². The molecule has 0 fully saturated rings. The molecule has 4 heteroatoms. The number of fused-ring (bicyclic) bond motifs is 1. The van der Waals surface area contributed by atoms with Crippen molar-refractivity contribution in [2.24, 2.45) is 0 Å². The number of aromatic amines is 1. The molecule has 3 N–H and O–H groups in total. The zero-order chi connectivity index (χ0) is 12.5. The van der Waals surface area contributed by atoms with E-state index in [1.807, 2.05) is 30.5 Å². The number of methoxy groups -OCH3 is 1. The van der Waals surface area contributed by atoms with Crippen molar-refractivity contribution in [3.8, 4) is 17.0 Å². The molecule has 0 saturated carbocycles. The second-order valence-electron chi connectivity index (χ2n) is 4.09. The lowest BCUT2D eigenvalue weighted by Crippen LogP contribution is -1.88. The van der Waals surface area contributed by atoms with Crippen LogP contribution < -0.4 is 10.5 Å². The van der Waals surface area contributed by atoms with Crippen molar-refractivity contribution in [1.82, 2.24) is 9.97 Å². The van der Waals surface area contributed by atoms with Gasteiger partial charge in [-0.25, -0.2) is 0 Å². The lowest BCUT2D eigenvalue weighted by molar-refractivity contribution is 0.415. The summed E-state index contributed by atoms with van der Waals surface area (Å²) in [5.74, 6) is 0.826. The molecule has 2 aromatic heterocycles. The van der Waals surface area contributed by atoms with E-state index in [9.17, 15) is 0 Å². The highest BCUT2D eigenvalue weighted by atomic mass is 16.5. The molecule has 0 atom stereocenters. The molecular weight excluding hydrogens is 226 g/mol. The fourth-order valence-corrected chi connectivity index (χ4v) is 2.03. The van der Waals surface area contributed by atoms with Crippen molar-refractivity contribution >= 4 is 16.6 Å². The monoisotopic (exact) mass is 239 g/mol. The van der Waals surface area contributed by atoms with Crippen LogP contribution in [0.2, 0.25) is 0 Å². The van der Waals surface area contributed by atoms with E-state index in [0.29, 0.717) is 5.69 Å². The molecule has 0 unspecified atom stereocenters. The van der Waals surface area contributed by atoms with E-state index in [2.05, 4.69) is 9.97 Å². The van der Waals surface area contributed by atoms with Crippen molar-refractivity contribution in [3.63, 3.8) is 0 Å². The highest BCUT2D eigenvalue weighted by Crippen LogP contribution is 2.30. The molecule has 90 valence electrons. The molecule has 0 radical (unpaired) electrons. The van der Waals surface area contributed by atoms with Gasteiger partial charge in [-0.1, -0.05) is 0 Å². The topological polar surface area (TPSA) is 63.9 Å². The van der Waals surface area contributed by atoms with Crippen LogP contribution in [0.1, 0.15) is 0 Å². The number of benzene rings is 1. The Morgan fingerprint density at radius 3 is 2.89 bits per heavy atom. The highest BCUT2D eigenvalue weighted by molar-refractivity contribution is 5.95. The third-order valence-corrected chi connectivity index (χ3v) is 2.95. The molecule has 1 aromatic carbocycles. The number of H-pyrrole nitrogens is 1. The highest BCUT2D eigenvalue weighted by Gasteiger charge is 2.08. The van der Waals surface area contributed by atoms with Crippen molar-refractivity contribution in [3.05, 3.63) is 42.7 Å². The summed E-state index contributed by atoms with van der Waals surface area (Å²) in [6.07, 6.45) is 3.65. The number of nitrogens with two attached hydrogens (primary N) is 1. The Kier molecular flexibility index (Phi) is 2.41. The molecule has 0 saturated heterocycles. The van der Waals surface area contributed by atoms with Crippen LogP contribution in [0.25, 0.3) is 22.2 Å². The third-order valence-electron chi connectivity index (χ3n) is 2.95. The molecule has 0 aliphatic heterocycles. The van der Waals surface area contributed by atoms with E-state index in [1.165, 1.54) is 0 Å². The van der Waals surface area contributed by atoms with Gasteiger partial charge in [-0.15, -0.1) is 0 Å². The van der Waals surface area contributed by atoms with E-state index >= 15 is 0 Å². The second kappa shape index (κ2) is 4.07. The Hall–Kier alpha value is -2.49. The Morgan fingerprint density at radius 2 is 2.11 bits per heavy atom. The summed E-state index contributed by atoms with van der Waals surface area (Å²) in [6, 6.07) is 9.55. The number of hydrogen-bond donors (Lipinski definition) is 2. The zero-order valence-corrected chi connectivity index (χ0v) is 9.97. The average molecular weight is 239 g/mol. The summed E-state index contributed by atoms with van der Waals surface area (Å²) < 4.78 is 5.25. The third kappa shape index (κ3) is 1.68. The average Bonchev–Trinajstić information content (AvgIpc) is 2.81. The summed E-state index contributed by atoms with van der Waals surface area (Å²) in [4.78, 5) is 7.57. The summed E-state index contributed by atoms with van der Waals surface area (Å²) in [6.45, 7) is 0. The van der Waals surface area contributed by atoms with Crippen LogP contribution in [-0.4, -0.2) is 17.1 Å². The van der Waals surface area contributed by atoms with Crippen molar-refractivity contribution in [2.45, 2.75) is 0 Å². The fraction of sp³-hybridized carbons (Fsp3) is 0.0714. The SMILES string of the molecule is COc1ccc2[nH]cc(-c3cc(N)ccn3)c2c1. The van der Waals surface area contributed by atoms with Gasteiger partial charge in [-0.2, -0.15) is 0 Å². The van der Waals surface area contributed by atoms with Crippen molar-refractivity contribution in [1.29, 1.82) is 0 Å². The first kappa shape index (κ1) is 10.7. The zero-order valence-electron chi connectivity index (χ0n) is 9.97. The summed E-state index contributed by atoms with van der Waals surface area (Å²) in [5.41, 5.74) is 9.43. The number of nitrogens with one attached hydrogen (secondary N) is 1. The summed E-state index contributed by atoms with van der Waals surface area (Å²) >= 11 is 0. The van der Waals surface area contributed by atoms with E-state index in [0.717, 1.165) is 27.9 Å². The van der Waals surface area contributed by atoms with Gasteiger partial charge in [0.1, 0.15) is 5.75 Å². The minimum atomic E-state index is 0.706. The lowest BCUT2D eigenvalue weighted by Gasteiger charge is -2.02. The van der Waals surface area contributed by atoms with Gasteiger partial charge >= 0.3 is 0 Å². The molecule has 0 spiro atoms. The predicted molar refractivity (Wildman–Crippen MR) is 72.5 cm³/mol. The molecule has 0 bridgehead atoms. The molecule has 0 aliphatic rings. The number of ether oxygens (including phenoxy) is 1. The summed E-state index contributed by atoms with van der Waals surface area (Å²) in [5, 5.41) is 1.08.